The van der Waals surface area contributed by atoms with Crippen LogP contribution in [0.1, 0.15) is 40.0 Å². The maximum Gasteiger partial charge on any atom is 0.338 e. The number of carbonyl (C=O) groups is 2. The van der Waals surface area contributed by atoms with Gasteiger partial charge in [-0.05, 0) is 43.2 Å². The predicted molar refractivity (Wildman–Crippen MR) is 107 cm³/mol. The number of esters is 1. The zero-order valence-electron chi connectivity index (χ0n) is 16.3. The second kappa shape index (κ2) is 9.31. The number of ether oxygens (including phenoxy) is 1. The number of nitrogens with zero attached hydrogens (tertiary/aromatic N) is 2. The quantitative estimate of drug-likeness (QED) is 0.275. The van der Waals surface area contributed by atoms with Crippen LogP contribution in [0, 0.1) is 15.9 Å². The molecule has 1 saturated heterocycles. The molecule has 2 aromatic rings. The fourth-order valence-corrected chi connectivity index (χ4v) is 4.75. The van der Waals surface area contributed by atoms with E-state index in [9.17, 15) is 32.5 Å². The van der Waals surface area contributed by atoms with Crippen LogP contribution in [0.5, 0.6) is 0 Å². The number of benzene rings is 2. The van der Waals surface area contributed by atoms with Gasteiger partial charge in [0.2, 0.25) is 10.0 Å². The summed E-state index contributed by atoms with van der Waals surface area (Å²) in [5.74, 6) is -2.58. The number of piperidine rings is 1. The molecule has 1 aliphatic heterocycles. The van der Waals surface area contributed by atoms with Gasteiger partial charge < -0.3 is 4.74 Å². The van der Waals surface area contributed by atoms with Crippen molar-refractivity contribution in [2.24, 2.45) is 0 Å². The van der Waals surface area contributed by atoms with Crippen molar-refractivity contribution in [1.29, 1.82) is 0 Å². The molecular weight excluding hydrogens is 431 g/mol. The maximum absolute atomic E-state index is 14.2. The highest BCUT2D eigenvalue weighted by Crippen LogP contribution is 2.24. The highest BCUT2D eigenvalue weighted by atomic mass is 32.2. The number of halogens is 1. The van der Waals surface area contributed by atoms with Gasteiger partial charge in [-0.15, -0.1) is 0 Å². The Bertz CT molecular complexity index is 1110. The van der Waals surface area contributed by atoms with E-state index in [1.807, 2.05) is 0 Å². The topological polar surface area (TPSA) is 124 Å². The van der Waals surface area contributed by atoms with E-state index in [0.29, 0.717) is 12.8 Å². The van der Waals surface area contributed by atoms with Crippen LogP contribution in [0.2, 0.25) is 0 Å². The molecule has 0 amide bonds. The molecule has 9 nitrogen and oxygen atoms in total. The number of rotatable bonds is 7. The van der Waals surface area contributed by atoms with Gasteiger partial charge in [-0.1, -0.05) is 6.42 Å². The van der Waals surface area contributed by atoms with Crippen molar-refractivity contribution < 1.29 is 32.1 Å². The Balaban J connectivity index is 1.71. The SMILES string of the molecule is O=C(COC(=O)c1ccc(F)c(S(=O)(=O)N2CCCCC2)c1)c1ccc([N+](=O)[O-])cc1. The maximum atomic E-state index is 14.2. The van der Waals surface area contributed by atoms with Gasteiger partial charge in [-0.25, -0.2) is 17.6 Å². The molecule has 0 radical (unpaired) electrons. The third-order valence-electron chi connectivity index (χ3n) is 4.83. The lowest BCUT2D eigenvalue weighted by Gasteiger charge is -2.26. The van der Waals surface area contributed by atoms with Crippen LogP contribution in [0.25, 0.3) is 0 Å². The summed E-state index contributed by atoms with van der Waals surface area (Å²) in [6.07, 6.45) is 2.24. The summed E-state index contributed by atoms with van der Waals surface area (Å²) in [6, 6.07) is 7.59. The Morgan fingerprint density at radius 1 is 1.03 bits per heavy atom. The lowest BCUT2D eigenvalue weighted by atomic mass is 10.1. The average Bonchev–Trinajstić information content (AvgIpc) is 2.78. The number of sulfonamides is 1. The first-order valence-corrected chi connectivity index (χ1v) is 10.9. The summed E-state index contributed by atoms with van der Waals surface area (Å²) in [7, 11) is -4.11. The summed E-state index contributed by atoms with van der Waals surface area (Å²) in [5.41, 5.74) is -0.304. The van der Waals surface area contributed by atoms with Crippen LogP contribution < -0.4 is 0 Å². The molecule has 0 unspecified atom stereocenters. The molecule has 164 valence electrons. The van der Waals surface area contributed by atoms with Gasteiger partial charge in [0.1, 0.15) is 10.7 Å². The normalized spacial score (nSPS) is 14.7. The summed E-state index contributed by atoms with van der Waals surface area (Å²) < 4.78 is 45.8. The number of Topliss-reactive ketones (excluding diaryl/α,β-unsaturated/α-hetero) is 1. The smallest absolute Gasteiger partial charge is 0.338 e. The van der Waals surface area contributed by atoms with E-state index < -0.39 is 44.0 Å². The number of hydrogen-bond donors (Lipinski definition) is 0. The van der Waals surface area contributed by atoms with Crippen LogP contribution in [0.15, 0.2) is 47.4 Å². The summed E-state index contributed by atoms with van der Waals surface area (Å²) in [6.45, 7) is -0.109. The molecule has 0 aliphatic carbocycles. The van der Waals surface area contributed by atoms with Gasteiger partial charge in [-0.2, -0.15) is 4.31 Å². The zero-order chi connectivity index (χ0) is 22.6. The first kappa shape index (κ1) is 22.5. The molecule has 11 heteroatoms. The van der Waals surface area contributed by atoms with E-state index in [4.69, 9.17) is 4.74 Å². The van der Waals surface area contributed by atoms with E-state index in [1.54, 1.807) is 0 Å². The van der Waals surface area contributed by atoms with Gasteiger partial charge in [0.25, 0.3) is 5.69 Å². The van der Waals surface area contributed by atoms with Crippen molar-refractivity contribution in [2.75, 3.05) is 19.7 Å². The van der Waals surface area contributed by atoms with Gasteiger partial charge in [0.05, 0.1) is 10.5 Å². The molecule has 0 bridgehead atoms. The molecule has 0 atom stereocenters. The Morgan fingerprint density at radius 2 is 1.65 bits per heavy atom. The lowest BCUT2D eigenvalue weighted by molar-refractivity contribution is -0.384. The van der Waals surface area contributed by atoms with Crippen LogP contribution in [0.3, 0.4) is 0 Å². The molecule has 1 heterocycles. The summed E-state index contributed by atoms with van der Waals surface area (Å²) >= 11 is 0. The summed E-state index contributed by atoms with van der Waals surface area (Å²) in [5, 5.41) is 10.7. The average molecular weight is 450 g/mol. The molecule has 3 rings (SSSR count). The third-order valence-corrected chi connectivity index (χ3v) is 6.75. The largest absolute Gasteiger partial charge is 0.454 e. The number of hydrogen-bond acceptors (Lipinski definition) is 7. The lowest BCUT2D eigenvalue weighted by Crippen LogP contribution is -2.36. The van der Waals surface area contributed by atoms with Crippen molar-refractivity contribution in [3.63, 3.8) is 0 Å². The molecule has 2 aromatic carbocycles. The molecule has 0 spiro atoms. The number of nitro groups is 1. The first-order valence-electron chi connectivity index (χ1n) is 9.44. The van der Waals surface area contributed by atoms with E-state index in [0.717, 1.165) is 36.8 Å². The summed E-state index contributed by atoms with van der Waals surface area (Å²) in [4.78, 5) is 33.9. The first-order chi connectivity index (χ1) is 14.7. The van der Waals surface area contributed by atoms with Crippen LogP contribution in [0.4, 0.5) is 10.1 Å². The second-order valence-corrected chi connectivity index (χ2v) is 8.82. The molecule has 1 aliphatic rings. The van der Waals surface area contributed by atoms with Crippen molar-refractivity contribution in [3.8, 4) is 0 Å². The van der Waals surface area contributed by atoms with E-state index in [2.05, 4.69) is 0 Å². The minimum absolute atomic E-state index is 0.103. The molecule has 0 N–H and O–H groups in total. The van der Waals surface area contributed by atoms with Crippen molar-refractivity contribution in [1.82, 2.24) is 4.31 Å². The monoisotopic (exact) mass is 450 g/mol. The van der Waals surface area contributed by atoms with E-state index in [-0.39, 0.29) is 29.9 Å². The van der Waals surface area contributed by atoms with E-state index in [1.165, 1.54) is 16.4 Å². The number of nitro benzene ring substituents is 1. The van der Waals surface area contributed by atoms with Crippen LogP contribution in [-0.2, 0) is 14.8 Å². The molecular formula is C20H19FN2O7S. The molecule has 31 heavy (non-hydrogen) atoms. The minimum Gasteiger partial charge on any atom is -0.454 e. The van der Waals surface area contributed by atoms with E-state index >= 15 is 0 Å². The van der Waals surface area contributed by atoms with Crippen molar-refractivity contribution >= 4 is 27.5 Å². The van der Waals surface area contributed by atoms with Crippen molar-refractivity contribution in [2.45, 2.75) is 24.2 Å². The number of ketones is 1. The van der Waals surface area contributed by atoms with Gasteiger partial charge in [-0.3, -0.25) is 14.9 Å². The molecule has 0 aromatic heterocycles. The number of carbonyl (C=O) groups excluding carboxylic acids is 2. The fourth-order valence-electron chi connectivity index (χ4n) is 3.14. The Kier molecular flexibility index (Phi) is 6.76. The highest BCUT2D eigenvalue weighted by molar-refractivity contribution is 7.89. The molecule has 0 saturated carbocycles. The van der Waals surface area contributed by atoms with Gasteiger partial charge >= 0.3 is 5.97 Å². The minimum atomic E-state index is -4.11. The fraction of sp³-hybridized carbons (Fsp3) is 0.300. The van der Waals surface area contributed by atoms with Crippen LogP contribution >= 0.6 is 0 Å². The number of non-ortho nitro benzene ring substituents is 1. The Labute approximate surface area is 177 Å². The third kappa shape index (κ3) is 5.12. The van der Waals surface area contributed by atoms with Gasteiger partial charge in [0.15, 0.2) is 12.4 Å². The standard InChI is InChI=1S/C20H19FN2O7S/c21-17-9-6-15(12-19(17)31(28,29)22-10-2-1-3-11-22)20(25)30-13-18(24)14-4-7-16(8-5-14)23(26)27/h4-9,12H,1-3,10-11,13H2. The Morgan fingerprint density at radius 3 is 2.26 bits per heavy atom. The predicted octanol–water partition coefficient (Wildman–Crippen LogP) is 2.95. The zero-order valence-corrected chi connectivity index (χ0v) is 17.1. The highest BCUT2D eigenvalue weighted by Gasteiger charge is 2.29. The second-order valence-electron chi connectivity index (χ2n) is 6.91. The molecule has 1 fully saturated rings. The van der Waals surface area contributed by atoms with Crippen molar-refractivity contribution in [3.05, 3.63) is 69.5 Å². The Hall–Kier alpha value is -3.18. The van der Waals surface area contributed by atoms with Crippen LogP contribution in [-0.4, -0.2) is 49.1 Å². The van der Waals surface area contributed by atoms with Gasteiger partial charge in [0, 0.05) is 30.8 Å².